The summed E-state index contributed by atoms with van der Waals surface area (Å²) in [7, 11) is 0. The van der Waals surface area contributed by atoms with Crippen molar-refractivity contribution in [2.45, 2.75) is 39.7 Å². The lowest BCUT2D eigenvalue weighted by Crippen LogP contribution is -2.17. The van der Waals surface area contributed by atoms with Crippen LogP contribution in [-0.4, -0.2) is 28.5 Å². The van der Waals surface area contributed by atoms with Gasteiger partial charge in [0.2, 0.25) is 0 Å². The Hall–Kier alpha value is -4.80. The quantitative estimate of drug-likeness (QED) is 0.225. The van der Waals surface area contributed by atoms with Gasteiger partial charge >= 0.3 is 12.3 Å². The van der Waals surface area contributed by atoms with Gasteiger partial charge in [-0.2, -0.15) is 0 Å². The third-order valence-electron chi connectivity index (χ3n) is 5.91. The number of aryl methyl sites for hydroxylation is 1. The minimum atomic E-state index is -4.88. The van der Waals surface area contributed by atoms with Crippen LogP contribution >= 0.6 is 0 Å². The number of hydrogen-bond donors (Lipinski definition) is 2. The van der Waals surface area contributed by atoms with E-state index in [1.807, 2.05) is 13.8 Å². The summed E-state index contributed by atoms with van der Waals surface area (Å²) < 4.78 is 54.6. The topological polar surface area (TPSA) is 111 Å². The standard InChI is InChI=1S/C29H25F3N2O6/c1-16(2)26-22(25(34-40-26)21-9-4-5-10-24(21)39-29(30,31)32)15-38-20-11-12-23(17(3)13-20)33-27(35)18-7-6-8-19(14-18)28(36)37/h4-14,16H,15H2,1-3H3,(H,33,35)(H,36,37). The van der Waals surface area contributed by atoms with Gasteiger partial charge in [0.25, 0.3) is 5.91 Å². The molecule has 0 aliphatic heterocycles. The SMILES string of the molecule is Cc1cc(OCc2c(-c3ccccc3OC(F)(F)F)noc2C(C)C)ccc1NC(=O)c1cccc(C(=O)O)c1. The van der Waals surface area contributed by atoms with Crippen LogP contribution in [0.2, 0.25) is 0 Å². The van der Waals surface area contributed by atoms with Crippen molar-refractivity contribution in [2.75, 3.05) is 5.32 Å². The normalized spacial score (nSPS) is 11.4. The third-order valence-corrected chi connectivity index (χ3v) is 5.91. The van der Waals surface area contributed by atoms with Crippen LogP contribution in [0.4, 0.5) is 18.9 Å². The fourth-order valence-corrected chi connectivity index (χ4v) is 4.01. The maximum Gasteiger partial charge on any atom is 0.573 e. The fraction of sp³-hybridized carbons (Fsp3) is 0.207. The average Bonchev–Trinajstić information content (AvgIpc) is 3.32. The molecule has 0 radical (unpaired) electrons. The predicted molar refractivity (Wildman–Crippen MR) is 140 cm³/mol. The van der Waals surface area contributed by atoms with Crippen molar-refractivity contribution in [2.24, 2.45) is 0 Å². The van der Waals surface area contributed by atoms with E-state index in [4.69, 9.17) is 14.4 Å². The molecule has 0 unspecified atom stereocenters. The number of amides is 1. The number of ether oxygens (including phenoxy) is 2. The summed E-state index contributed by atoms with van der Waals surface area (Å²) in [5, 5.41) is 15.9. The molecule has 1 heterocycles. The van der Waals surface area contributed by atoms with Crippen molar-refractivity contribution < 1.29 is 41.9 Å². The number of aromatic carboxylic acids is 1. The first kappa shape index (κ1) is 28.2. The number of aromatic nitrogens is 1. The summed E-state index contributed by atoms with van der Waals surface area (Å²) in [6, 6.07) is 16.3. The second kappa shape index (κ2) is 11.5. The number of nitrogens with one attached hydrogen (secondary N) is 1. The van der Waals surface area contributed by atoms with Gasteiger partial charge in [-0.25, -0.2) is 4.79 Å². The molecule has 4 rings (SSSR count). The number of rotatable bonds is 9. The summed E-state index contributed by atoms with van der Waals surface area (Å²) >= 11 is 0. The van der Waals surface area contributed by atoms with Crippen LogP contribution in [-0.2, 0) is 6.61 Å². The van der Waals surface area contributed by atoms with Crippen molar-refractivity contribution in [1.82, 2.24) is 5.16 Å². The van der Waals surface area contributed by atoms with Gasteiger partial charge in [-0.1, -0.05) is 37.2 Å². The maximum atomic E-state index is 13.0. The second-order valence-corrected chi connectivity index (χ2v) is 9.18. The van der Waals surface area contributed by atoms with E-state index in [1.165, 1.54) is 42.5 Å². The molecule has 3 aromatic carbocycles. The minimum Gasteiger partial charge on any atom is -0.489 e. The molecule has 2 N–H and O–H groups in total. The third kappa shape index (κ3) is 6.60. The zero-order chi connectivity index (χ0) is 29.0. The minimum absolute atomic E-state index is 0.00501. The summed E-state index contributed by atoms with van der Waals surface area (Å²) in [6.45, 7) is 5.42. The number of anilines is 1. The molecular formula is C29H25F3N2O6. The molecule has 208 valence electrons. The smallest absolute Gasteiger partial charge is 0.489 e. The highest BCUT2D eigenvalue weighted by atomic mass is 19.4. The van der Waals surface area contributed by atoms with Crippen molar-refractivity contribution in [3.8, 4) is 22.8 Å². The van der Waals surface area contributed by atoms with Crippen LogP contribution in [0.1, 0.15) is 57.4 Å². The number of benzene rings is 3. The Balaban J connectivity index is 1.54. The molecule has 8 nitrogen and oxygen atoms in total. The number of halogens is 3. The number of para-hydroxylation sites is 1. The van der Waals surface area contributed by atoms with Crippen molar-refractivity contribution in [3.05, 3.63) is 94.7 Å². The lowest BCUT2D eigenvalue weighted by molar-refractivity contribution is -0.274. The monoisotopic (exact) mass is 554 g/mol. The van der Waals surface area contributed by atoms with Crippen LogP contribution in [0, 0.1) is 6.92 Å². The molecule has 1 amide bonds. The molecule has 0 fully saturated rings. The van der Waals surface area contributed by atoms with Crippen LogP contribution in [0.25, 0.3) is 11.3 Å². The Morgan fingerprint density at radius 3 is 2.42 bits per heavy atom. The molecule has 0 aliphatic rings. The molecule has 1 aromatic heterocycles. The molecule has 0 spiro atoms. The van der Waals surface area contributed by atoms with E-state index in [2.05, 4.69) is 15.2 Å². The Kier molecular flexibility index (Phi) is 8.13. The number of carbonyl (C=O) groups excluding carboxylic acids is 1. The van der Waals surface area contributed by atoms with Gasteiger partial charge in [0.1, 0.15) is 29.6 Å². The fourth-order valence-electron chi connectivity index (χ4n) is 4.01. The van der Waals surface area contributed by atoms with E-state index in [0.29, 0.717) is 28.3 Å². The lowest BCUT2D eigenvalue weighted by Gasteiger charge is -2.14. The Morgan fingerprint density at radius 2 is 1.75 bits per heavy atom. The van der Waals surface area contributed by atoms with Crippen LogP contribution < -0.4 is 14.8 Å². The van der Waals surface area contributed by atoms with E-state index in [9.17, 15) is 22.8 Å². The van der Waals surface area contributed by atoms with Crippen molar-refractivity contribution in [3.63, 3.8) is 0 Å². The highest BCUT2D eigenvalue weighted by Crippen LogP contribution is 2.38. The zero-order valence-corrected chi connectivity index (χ0v) is 21.7. The second-order valence-electron chi connectivity index (χ2n) is 9.18. The highest BCUT2D eigenvalue weighted by molar-refractivity contribution is 6.05. The molecule has 0 atom stereocenters. The Labute approximate surface area is 227 Å². The largest absolute Gasteiger partial charge is 0.573 e. The molecule has 0 saturated heterocycles. The summed E-state index contributed by atoms with van der Waals surface area (Å²) in [5.41, 5.74) is 2.10. The first-order chi connectivity index (χ1) is 18.9. The zero-order valence-electron chi connectivity index (χ0n) is 21.7. The molecule has 0 saturated carbocycles. The molecular weight excluding hydrogens is 529 g/mol. The Bertz CT molecular complexity index is 1550. The van der Waals surface area contributed by atoms with Crippen LogP contribution in [0.3, 0.4) is 0 Å². The number of carboxylic acids is 1. The molecule has 40 heavy (non-hydrogen) atoms. The first-order valence-electron chi connectivity index (χ1n) is 12.1. The van der Waals surface area contributed by atoms with Crippen molar-refractivity contribution >= 4 is 17.6 Å². The van der Waals surface area contributed by atoms with Gasteiger partial charge < -0.3 is 24.4 Å². The molecule has 0 aliphatic carbocycles. The lowest BCUT2D eigenvalue weighted by atomic mass is 10.0. The number of nitrogens with zero attached hydrogens (tertiary/aromatic N) is 1. The predicted octanol–water partition coefficient (Wildman–Crippen LogP) is 7.20. The van der Waals surface area contributed by atoms with Crippen molar-refractivity contribution in [1.29, 1.82) is 0 Å². The van der Waals surface area contributed by atoms with E-state index in [0.717, 1.165) is 0 Å². The van der Waals surface area contributed by atoms with E-state index in [-0.39, 0.29) is 34.9 Å². The molecule has 4 aromatic rings. The van der Waals surface area contributed by atoms with Gasteiger partial charge in [-0.15, -0.1) is 13.2 Å². The summed E-state index contributed by atoms with van der Waals surface area (Å²) in [5.74, 6) is -1.26. The highest BCUT2D eigenvalue weighted by Gasteiger charge is 2.33. The Morgan fingerprint density at radius 1 is 1.02 bits per heavy atom. The average molecular weight is 555 g/mol. The molecule has 0 bridgehead atoms. The number of hydrogen-bond acceptors (Lipinski definition) is 6. The maximum absolute atomic E-state index is 13.0. The summed E-state index contributed by atoms with van der Waals surface area (Å²) in [4.78, 5) is 23.9. The van der Waals surface area contributed by atoms with Crippen LogP contribution in [0.15, 0.2) is 71.3 Å². The van der Waals surface area contributed by atoms with Gasteiger partial charge in [-0.05, 0) is 61.0 Å². The number of carbonyl (C=O) groups is 2. The first-order valence-corrected chi connectivity index (χ1v) is 12.1. The van der Waals surface area contributed by atoms with Gasteiger partial charge in [-0.3, -0.25) is 4.79 Å². The van der Waals surface area contributed by atoms with Gasteiger partial charge in [0.15, 0.2) is 0 Å². The number of alkyl halides is 3. The molecule has 11 heteroatoms. The van der Waals surface area contributed by atoms with Gasteiger partial charge in [0.05, 0.1) is 11.1 Å². The van der Waals surface area contributed by atoms with E-state index in [1.54, 1.807) is 31.2 Å². The van der Waals surface area contributed by atoms with Gasteiger partial charge in [0, 0.05) is 22.7 Å². The van der Waals surface area contributed by atoms with E-state index < -0.39 is 24.0 Å². The summed E-state index contributed by atoms with van der Waals surface area (Å²) in [6.07, 6.45) is -4.88. The van der Waals surface area contributed by atoms with E-state index >= 15 is 0 Å². The van der Waals surface area contributed by atoms with Crippen LogP contribution in [0.5, 0.6) is 11.5 Å². The number of carboxylic acid groups (broad SMARTS) is 1.